The lowest BCUT2D eigenvalue weighted by atomic mass is 10.1. The van der Waals surface area contributed by atoms with Crippen LogP contribution in [0.5, 0.6) is 5.75 Å². The molecule has 3 nitrogen and oxygen atoms in total. The monoisotopic (exact) mass is 235 g/mol. The van der Waals surface area contributed by atoms with E-state index in [0.717, 1.165) is 38.2 Å². The minimum atomic E-state index is -0.150. The molecule has 1 saturated heterocycles. The van der Waals surface area contributed by atoms with Gasteiger partial charge < -0.3 is 9.84 Å². The standard InChI is InChI=1S/C14H21NO2/c1-11-8-12(5-6-14(11)17-2)9-15-7-3-4-13(16)10-15/h5-6,8,13,16H,3-4,7,9-10H2,1-2H3. The van der Waals surface area contributed by atoms with Crippen LogP contribution in [0.1, 0.15) is 24.0 Å². The Kier molecular flexibility index (Phi) is 4.02. The van der Waals surface area contributed by atoms with E-state index in [-0.39, 0.29) is 6.10 Å². The molecular formula is C14H21NO2. The van der Waals surface area contributed by atoms with Crippen molar-refractivity contribution in [3.63, 3.8) is 0 Å². The fourth-order valence-electron chi connectivity index (χ4n) is 2.47. The van der Waals surface area contributed by atoms with Gasteiger partial charge in [-0.3, -0.25) is 4.90 Å². The molecule has 1 N–H and O–H groups in total. The average Bonchev–Trinajstić information content (AvgIpc) is 2.29. The van der Waals surface area contributed by atoms with Gasteiger partial charge in [0.05, 0.1) is 13.2 Å². The molecule has 1 unspecified atom stereocenters. The highest BCUT2D eigenvalue weighted by Crippen LogP contribution is 2.20. The Morgan fingerprint density at radius 3 is 2.94 bits per heavy atom. The third-order valence-electron chi connectivity index (χ3n) is 3.35. The van der Waals surface area contributed by atoms with Crippen molar-refractivity contribution in [2.24, 2.45) is 0 Å². The minimum absolute atomic E-state index is 0.150. The smallest absolute Gasteiger partial charge is 0.121 e. The van der Waals surface area contributed by atoms with Gasteiger partial charge in [0, 0.05) is 13.1 Å². The van der Waals surface area contributed by atoms with Gasteiger partial charge in [-0.25, -0.2) is 0 Å². The molecule has 1 aromatic rings. The second-order valence-electron chi connectivity index (χ2n) is 4.84. The van der Waals surface area contributed by atoms with E-state index in [1.54, 1.807) is 7.11 Å². The summed E-state index contributed by atoms with van der Waals surface area (Å²) in [5.74, 6) is 0.937. The molecule has 94 valence electrons. The topological polar surface area (TPSA) is 32.7 Å². The van der Waals surface area contributed by atoms with E-state index >= 15 is 0 Å². The maximum atomic E-state index is 9.63. The molecule has 1 fully saturated rings. The van der Waals surface area contributed by atoms with Gasteiger partial charge in [-0.2, -0.15) is 0 Å². The van der Waals surface area contributed by atoms with E-state index in [1.807, 2.05) is 6.07 Å². The summed E-state index contributed by atoms with van der Waals surface area (Å²) in [6, 6.07) is 6.29. The molecule has 0 radical (unpaired) electrons. The lowest BCUT2D eigenvalue weighted by molar-refractivity contribution is 0.0668. The number of benzene rings is 1. The fraction of sp³-hybridized carbons (Fsp3) is 0.571. The van der Waals surface area contributed by atoms with E-state index in [2.05, 4.69) is 24.0 Å². The van der Waals surface area contributed by atoms with Crippen LogP contribution in [0.4, 0.5) is 0 Å². The summed E-state index contributed by atoms with van der Waals surface area (Å²) >= 11 is 0. The van der Waals surface area contributed by atoms with Crippen molar-refractivity contribution >= 4 is 0 Å². The molecule has 1 aliphatic rings. The van der Waals surface area contributed by atoms with E-state index in [1.165, 1.54) is 11.1 Å². The number of ether oxygens (including phenoxy) is 1. The molecule has 0 saturated carbocycles. The van der Waals surface area contributed by atoms with Crippen molar-refractivity contribution in [1.82, 2.24) is 4.90 Å². The summed E-state index contributed by atoms with van der Waals surface area (Å²) in [5.41, 5.74) is 2.46. The third-order valence-corrected chi connectivity index (χ3v) is 3.35. The highest BCUT2D eigenvalue weighted by atomic mass is 16.5. The number of rotatable bonds is 3. The van der Waals surface area contributed by atoms with E-state index < -0.39 is 0 Å². The van der Waals surface area contributed by atoms with E-state index in [0.29, 0.717) is 0 Å². The van der Waals surface area contributed by atoms with Crippen LogP contribution in [-0.2, 0) is 6.54 Å². The first-order valence-electron chi connectivity index (χ1n) is 6.23. The van der Waals surface area contributed by atoms with Crippen molar-refractivity contribution in [2.45, 2.75) is 32.4 Å². The molecule has 0 amide bonds. The average molecular weight is 235 g/mol. The Morgan fingerprint density at radius 2 is 2.29 bits per heavy atom. The number of β-amino-alcohol motifs (C(OH)–C–C–N with tert-alkyl or cyclic N) is 1. The van der Waals surface area contributed by atoms with Crippen LogP contribution in [0.2, 0.25) is 0 Å². The van der Waals surface area contributed by atoms with Crippen molar-refractivity contribution < 1.29 is 9.84 Å². The largest absolute Gasteiger partial charge is 0.496 e. The zero-order chi connectivity index (χ0) is 12.3. The second kappa shape index (κ2) is 5.52. The molecule has 3 heteroatoms. The molecule has 0 aromatic heterocycles. The molecule has 2 rings (SSSR count). The molecule has 0 spiro atoms. The van der Waals surface area contributed by atoms with Crippen LogP contribution in [-0.4, -0.2) is 36.3 Å². The van der Waals surface area contributed by atoms with E-state index in [4.69, 9.17) is 4.74 Å². The number of aliphatic hydroxyl groups is 1. The van der Waals surface area contributed by atoms with Gasteiger partial charge in [0.1, 0.15) is 5.75 Å². The normalized spacial score (nSPS) is 21.5. The number of likely N-dealkylation sites (tertiary alicyclic amines) is 1. The number of methoxy groups -OCH3 is 1. The molecular weight excluding hydrogens is 214 g/mol. The summed E-state index contributed by atoms with van der Waals surface area (Å²) in [7, 11) is 1.70. The van der Waals surface area contributed by atoms with Gasteiger partial charge in [0.25, 0.3) is 0 Å². The first-order valence-corrected chi connectivity index (χ1v) is 6.23. The number of aryl methyl sites for hydroxylation is 1. The van der Waals surface area contributed by atoms with Crippen molar-refractivity contribution in [3.05, 3.63) is 29.3 Å². The minimum Gasteiger partial charge on any atom is -0.496 e. The summed E-state index contributed by atoms with van der Waals surface area (Å²) in [6.45, 7) is 4.86. The summed E-state index contributed by atoms with van der Waals surface area (Å²) in [5, 5.41) is 9.63. The third kappa shape index (κ3) is 3.20. The Morgan fingerprint density at radius 1 is 1.47 bits per heavy atom. The van der Waals surface area contributed by atoms with Crippen LogP contribution in [0, 0.1) is 6.92 Å². The predicted molar refractivity (Wildman–Crippen MR) is 68.2 cm³/mol. The number of nitrogens with zero attached hydrogens (tertiary/aromatic N) is 1. The van der Waals surface area contributed by atoms with Crippen LogP contribution >= 0.6 is 0 Å². The molecule has 1 atom stereocenters. The van der Waals surface area contributed by atoms with Gasteiger partial charge in [0.15, 0.2) is 0 Å². The maximum Gasteiger partial charge on any atom is 0.121 e. The van der Waals surface area contributed by atoms with Crippen molar-refractivity contribution in [2.75, 3.05) is 20.2 Å². The Balaban J connectivity index is 2.00. The maximum absolute atomic E-state index is 9.63. The van der Waals surface area contributed by atoms with Gasteiger partial charge in [-0.1, -0.05) is 12.1 Å². The van der Waals surface area contributed by atoms with Gasteiger partial charge in [0.2, 0.25) is 0 Å². The van der Waals surface area contributed by atoms with E-state index in [9.17, 15) is 5.11 Å². The highest BCUT2D eigenvalue weighted by Gasteiger charge is 2.17. The summed E-state index contributed by atoms with van der Waals surface area (Å²) in [6.07, 6.45) is 1.89. The highest BCUT2D eigenvalue weighted by molar-refractivity contribution is 5.36. The Bertz CT molecular complexity index is 378. The Labute approximate surface area is 103 Å². The molecule has 1 aromatic carbocycles. The quantitative estimate of drug-likeness (QED) is 0.869. The number of aliphatic hydroxyl groups excluding tert-OH is 1. The number of hydrogen-bond donors (Lipinski definition) is 1. The van der Waals surface area contributed by atoms with Gasteiger partial charge >= 0.3 is 0 Å². The van der Waals surface area contributed by atoms with Crippen LogP contribution in [0.3, 0.4) is 0 Å². The van der Waals surface area contributed by atoms with Crippen molar-refractivity contribution in [1.29, 1.82) is 0 Å². The SMILES string of the molecule is COc1ccc(CN2CCCC(O)C2)cc1C. The molecule has 1 heterocycles. The fourth-order valence-corrected chi connectivity index (χ4v) is 2.47. The lowest BCUT2D eigenvalue weighted by Crippen LogP contribution is -2.37. The summed E-state index contributed by atoms with van der Waals surface area (Å²) in [4.78, 5) is 2.31. The summed E-state index contributed by atoms with van der Waals surface area (Å²) < 4.78 is 5.25. The van der Waals surface area contributed by atoms with Gasteiger partial charge in [-0.05, 0) is 43.5 Å². The van der Waals surface area contributed by atoms with Crippen LogP contribution in [0.15, 0.2) is 18.2 Å². The predicted octanol–water partition coefficient (Wildman–Crippen LogP) is 1.96. The first kappa shape index (κ1) is 12.4. The molecule has 0 aliphatic carbocycles. The number of hydrogen-bond acceptors (Lipinski definition) is 3. The Hall–Kier alpha value is -1.06. The number of piperidine rings is 1. The lowest BCUT2D eigenvalue weighted by Gasteiger charge is -2.30. The zero-order valence-corrected chi connectivity index (χ0v) is 10.6. The molecule has 17 heavy (non-hydrogen) atoms. The zero-order valence-electron chi connectivity index (χ0n) is 10.6. The van der Waals surface area contributed by atoms with Crippen LogP contribution < -0.4 is 4.74 Å². The second-order valence-corrected chi connectivity index (χ2v) is 4.84. The molecule has 1 aliphatic heterocycles. The first-order chi connectivity index (χ1) is 8.19. The van der Waals surface area contributed by atoms with Gasteiger partial charge in [-0.15, -0.1) is 0 Å². The van der Waals surface area contributed by atoms with Crippen LogP contribution in [0.25, 0.3) is 0 Å². The molecule has 0 bridgehead atoms. The van der Waals surface area contributed by atoms with Crippen molar-refractivity contribution in [3.8, 4) is 5.75 Å².